The van der Waals surface area contributed by atoms with Gasteiger partial charge < -0.3 is 10.1 Å². The van der Waals surface area contributed by atoms with E-state index >= 15 is 0 Å². The van der Waals surface area contributed by atoms with Crippen LogP contribution in [-0.4, -0.2) is 28.9 Å². The van der Waals surface area contributed by atoms with E-state index < -0.39 is 0 Å². The summed E-state index contributed by atoms with van der Waals surface area (Å²) < 4.78 is 7.34. The third kappa shape index (κ3) is 5.34. The highest BCUT2D eigenvalue weighted by molar-refractivity contribution is 5.90. The molecule has 5 nitrogen and oxygen atoms in total. The second-order valence-electron chi connectivity index (χ2n) is 7.10. The van der Waals surface area contributed by atoms with Crippen molar-refractivity contribution < 1.29 is 9.53 Å². The Balaban J connectivity index is 1.39. The monoisotopic (exact) mass is 319 g/mol. The molecule has 1 aliphatic carbocycles. The third-order valence-electron chi connectivity index (χ3n) is 5.21. The van der Waals surface area contributed by atoms with Crippen LogP contribution in [-0.2, 0) is 16.1 Å². The fourth-order valence-corrected chi connectivity index (χ4v) is 3.76. The summed E-state index contributed by atoms with van der Waals surface area (Å²) in [5, 5.41) is 7.37. The molecule has 128 valence electrons. The molecule has 2 heterocycles. The van der Waals surface area contributed by atoms with Gasteiger partial charge in [-0.1, -0.05) is 32.1 Å². The molecule has 0 atom stereocenters. The van der Waals surface area contributed by atoms with Crippen LogP contribution < -0.4 is 5.32 Å². The van der Waals surface area contributed by atoms with E-state index in [4.69, 9.17) is 4.74 Å². The zero-order valence-corrected chi connectivity index (χ0v) is 14.0. The highest BCUT2D eigenvalue weighted by atomic mass is 16.5. The Morgan fingerprint density at radius 1 is 1.17 bits per heavy atom. The Hall–Kier alpha value is -1.36. The van der Waals surface area contributed by atoms with Crippen molar-refractivity contribution in [3.8, 4) is 0 Å². The van der Waals surface area contributed by atoms with Crippen molar-refractivity contribution in [2.75, 3.05) is 18.5 Å². The highest BCUT2D eigenvalue weighted by Gasteiger charge is 2.16. The number of hydrogen-bond donors (Lipinski definition) is 1. The Labute approximate surface area is 138 Å². The van der Waals surface area contributed by atoms with Crippen LogP contribution >= 0.6 is 0 Å². The first-order chi connectivity index (χ1) is 11.3. The fourth-order valence-electron chi connectivity index (χ4n) is 3.76. The van der Waals surface area contributed by atoms with Crippen molar-refractivity contribution in [2.45, 2.75) is 64.3 Å². The van der Waals surface area contributed by atoms with Gasteiger partial charge in [0.2, 0.25) is 5.91 Å². The van der Waals surface area contributed by atoms with Crippen LogP contribution in [0.25, 0.3) is 0 Å². The number of rotatable bonds is 6. The van der Waals surface area contributed by atoms with E-state index in [9.17, 15) is 4.79 Å². The second-order valence-corrected chi connectivity index (χ2v) is 7.10. The first-order valence-corrected chi connectivity index (χ1v) is 9.19. The number of ether oxygens (including phenoxy) is 1. The molecule has 1 aromatic rings. The molecule has 0 spiro atoms. The van der Waals surface area contributed by atoms with Crippen LogP contribution in [0.15, 0.2) is 12.4 Å². The molecule has 3 rings (SSSR count). The minimum absolute atomic E-state index is 0.126. The molecule has 5 heteroatoms. The molecule has 1 aliphatic heterocycles. The third-order valence-corrected chi connectivity index (χ3v) is 5.21. The molecule has 2 fully saturated rings. The van der Waals surface area contributed by atoms with Crippen LogP contribution in [0.5, 0.6) is 0 Å². The van der Waals surface area contributed by atoms with Gasteiger partial charge in [0.1, 0.15) is 0 Å². The topological polar surface area (TPSA) is 56.2 Å². The van der Waals surface area contributed by atoms with Crippen molar-refractivity contribution in [1.82, 2.24) is 9.78 Å². The lowest BCUT2D eigenvalue weighted by Gasteiger charge is -2.21. The van der Waals surface area contributed by atoms with Gasteiger partial charge in [-0.05, 0) is 31.1 Å². The maximum absolute atomic E-state index is 12.1. The first kappa shape index (κ1) is 16.5. The van der Waals surface area contributed by atoms with E-state index in [1.807, 2.05) is 10.9 Å². The summed E-state index contributed by atoms with van der Waals surface area (Å²) in [5.74, 6) is 1.52. The Kier molecular flexibility index (Phi) is 6.08. The largest absolute Gasteiger partial charge is 0.381 e. The van der Waals surface area contributed by atoms with Crippen molar-refractivity contribution in [3.05, 3.63) is 12.4 Å². The van der Waals surface area contributed by atoms with Gasteiger partial charge in [0.05, 0.1) is 11.9 Å². The molecule has 2 aliphatic rings. The SMILES string of the molecule is O=C(CCC1CCCCC1)Nc1cnn(CC2CCOCC2)c1. The molecular weight excluding hydrogens is 290 g/mol. The molecule has 1 saturated heterocycles. The van der Waals surface area contributed by atoms with Gasteiger partial charge in [-0.3, -0.25) is 9.48 Å². The average molecular weight is 319 g/mol. The number of nitrogens with one attached hydrogen (secondary N) is 1. The summed E-state index contributed by atoms with van der Waals surface area (Å²) in [4.78, 5) is 12.1. The molecule has 1 amide bonds. The lowest BCUT2D eigenvalue weighted by Crippen LogP contribution is -2.20. The van der Waals surface area contributed by atoms with Crippen LogP contribution in [0.1, 0.15) is 57.8 Å². The van der Waals surface area contributed by atoms with E-state index in [1.54, 1.807) is 6.20 Å². The Morgan fingerprint density at radius 3 is 2.74 bits per heavy atom. The van der Waals surface area contributed by atoms with Crippen molar-refractivity contribution in [3.63, 3.8) is 0 Å². The summed E-state index contributed by atoms with van der Waals surface area (Å²) in [6.45, 7) is 2.63. The van der Waals surface area contributed by atoms with E-state index in [1.165, 1.54) is 32.1 Å². The normalized spacial score (nSPS) is 20.5. The molecule has 1 N–H and O–H groups in total. The first-order valence-electron chi connectivity index (χ1n) is 9.19. The van der Waals surface area contributed by atoms with E-state index in [0.29, 0.717) is 12.3 Å². The number of amides is 1. The number of nitrogens with zero attached hydrogens (tertiary/aromatic N) is 2. The minimum atomic E-state index is 0.126. The van der Waals surface area contributed by atoms with Gasteiger partial charge in [0.25, 0.3) is 0 Å². The zero-order chi connectivity index (χ0) is 15.9. The molecule has 0 aromatic carbocycles. The van der Waals surface area contributed by atoms with Crippen LogP contribution in [0.3, 0.4) is 0 Å². The molecule has 23 heavy (non-hydrogen) atoms. The number of carbonyl (C=O) groups excluding carboxylic acids is 1. The summed E-state index contributed by atoms with van der Waals surface area (Å²) >= 11 is 0. The summed E-state index contributed by atoms with van der Waals surface area (Å²) in [7, 11) is 0. The standard InChI is InChI=1S/C18H29N3O2/c22-18(7-6-15-4-2-1-3-5-15)20-17-12-19-21(14-17)13-16-8-10-23-11-9-16/h12,14-16H,1-11,13H2,(H,20,22). The number of hydrogen-bond acceptors (Lipinski definition) is 3. The van der Waals surface area contributed by atoms with Gasteiger partial charge in [-0.25, -0.2) is 0 Å². The van der Waals surface area contributed by atoms with Crippen LogP contribution in [0.4, 0.5) is 5.69 Å². The predicted octanol–water partition coefficient (Wildman–Crippen LogP) is 3.61. The Bertz CT molecular complexity index is 488. The molecule has 0 bridgehead atoms. The van der Waals surface area contributed by atoms with Crippen molar-refractivity contribution >= 4 is 11.6 Å². The van der Waals surface area contributed by atoms with Gasteiger partial charge in [0, 0.05) is 32.4 Å². The molecule has 0 unspecified atom stereocenters. The van der Waals surface area contributed by atoms with Crippen molar-refractivity contribution in [1.29, 1.82) is 0 Å². The Morgan fingerprint density at radius 2 is 1.96 bits per heavy atom. The lowest BCUT2D eigenvalue weighted by atomic mass is 9.86. The summed E-state index contributed by atoms with van der Waals surface area (Å²) in [5.41, 5.74) is 0.825. The van der Waals surface area contributed by atoms with Gasteiger partial charge in [-0.15, -0.1) is 0 Å². The summed E-state index contributed by atoms with van der Waals surface area (Å²) in [6, 6.07) is 0. The van der Waals surface area contributed by atoms with Crippen LogP contribution in [0.2, 0.25) is 0 Å². The zero-order valence-electron chi connectivity index (χ0n) is 14.0. The lowest BCUT2D eigenvalue weighted by molar-refractivity contribution is -0.116. The fraction of sp³-hybridized carbons (Fsp3) is 0.778. The van der Waals surface area contributed by atoms with E-state index in [2.05, 4.69) is 10.4 Å². The molecular formula is C18H29N3O2. The second kappa shape index (κ2) is 8.48. The molecule has 1 saturated carbocycles. The van der Waals surface area contributed by atoms with Gasteiger partial charge in [-0.2, -0.15) is 5.10 Å². The summed E-state index contributed by atoms with van der Waals surface area (Å²) in [6.07, 6.45) is 14.2. The number of carbonyl (C=O) groups is 1. The minimum Gasteiger partial charge on any atom is -0.381 e. The molecule has 0 radical (unpaired) electrons. The van der Waals surface area contributed by atoms with Crippen LogP contribution in [0, 0.1) is 11.8 Å². The van der Waals surface area contributed by atoms with Crippen molar-refractivity contribution in [2.24, 2.45) is 11.8 Å². The smallest absolute Gasteiger partial charge is 0.224 e. The maximum Gasteiger partial charge on any atom is 0.224 e. The maximum atomic E-state index is 12.1. The van der Waals surface area contributed by atoms with Gasteiger partial charge >= 0.3 is 0 Å². The molecule has 1 aromatic heterocycles. The van der Waals surface area contributed by atoms with E-state index in [0.717, 1.165) is 50.6 Å². The van der Waals surface area contributed by atoms with Gasteiger partial charge in [0.15, 0.2) is 0 Å². The predicted molar refractivity (Wildman–Crippen MR) is 90.2 cm³/mol. The average Bonchev–Trinajstić information content (AvgIpc) is 3.02. The quantitative estimate of drug-likeness (QED) is 0.871. The van der Waals surface area contributed by atoms with E-state index in [-0.39, 0.29) is 5.91 Å². The number of aromatic nitrogens is 2. The highest BCUT2D eigenvalue weighted by Crippen LogP contribution is 2.27. The number of anilines is 1.